The second-order valence-corrected chi connectivity index (χ2v) is 12.7. The number of rotatable bonds is 32. The van der Waals surface area contributed by atoms with E-state index < -0.39 is 45.1 Å². The molecular weight excluding hydrogens is 645 g/mol. The Bertz CT molecular complexity index is 1090. The highest BCUT2D eigenvalue weighted by Crippen LogP contribution is 2.43. The highest BCUT2D eigenvalue weighted by atomic mass is 31.2. The van der Waals surface area contributed by atoms with E-state index in [2.05, 4.69) is 103 Å². The zero-order chi connectivity index (χ0) is 36.3. The summed E-state index contributed by atoms with van der Waals surface area (Å²) >= 11 is 0. The van der Waals surface area contributed by atoms with Crippen LogP contribution >= 0.6 is 7.82 Å². The van der Waals surface area contributed by atoms with Crippen LogP contribution in [0.5, 0.6) is 0 Å². The molecule has 0 aliphatic rings. The third-order valence-corrected chi connectivity index (χ3v) is 7.62. The summed E-state index contributed by atoms with van der Waals surface area (Å²) < 4.78 is 33.0. The molecule has 0 amide bonds. The van der Waals surface area contributed by atoms with E-state index in [1.54, 1.807) is 0 Å². The molecule has 0 radical (unpaired) electrons. The largest absolute Gasteiger partial charge is 0.480 e. The number of carbonyl (C=O) groups excluding carboxylic acids is 1. The third-order valence-electron chi connectivity index (χ3n) is 6.67. The summed E-state index contributed by atoms with van der Waals surface area (Å²) in [7, 11) is -4.64. The molecule has 0 aromatic rings. The molecule has 0 aliphatic heterocycles. The summed E-state index contributed by atoms with van der Waals surface area (Å²) in [6.45, 7) is 3.41. The molecular formula is C38H62NO9P. The van der Waals surface area contributed by atoms with Gasteiger partial charge in [0.1, 0.15) is 12.1 Å². The fraction of sp³-hybridized carbons (Fsp3) is 0.579. The van der Waals surface area contributed by atoms with Crippen molar-refractivity contribution < 1.29 is 42.7 Å². The quantitative estimate of drug-likeness (QED) is 0.0267. The summed E-state index contributed by atoms with van der Waals surface area (Å²) in [6.07, 6.45) is 40.9. The van der Waals surface area contributed by atoms with Gasteiger partial charge in [-0.25, -0.2) is 4.57 Å². The molecule has 0 aliphatic carbocycles. The van der Waals surface area contributed by atoms with Crippen molar-refractivity contribution in [1.29, 1.82) is 0 Å². The van der Waals surface area contributed by atoms with Gasteiger partial charge in [0.25, 0.3) is 0 Å². The molecule has 3 unspecified atom stereocenters. The Morgan fingerprint density at radius 3 is 1.63 bits per heavy atom. The fourth-order valence-corrected chi connectivity index (χ4v) is 4.75. The zero-order valence-corrected chi connectivity index (χ0v) is 30.6. The van der Waals surface area contributed by atoms with Crippen LogP contribution in [-0.4, -0.2) is 60.5 Å². The van der Waals surface area contributed by atoms with Crippen molar-refractivity contribution in [2.24, 2.45) is 5.73 Å². The highest BCUT2D eigenvalue weighted by molar-refractivity contribution is 7.47. The van der Waals surface area contributed by atoms with Crippen molar-refractivity contribution in [1.82, 2.24) is 0 Å². The lowest BCUT2D eigenvalue weighted by molar-refractivity contribution is -0.154. The number of phosphoric acid groups is 1. The molecule has 0 heterocycles. The van der Waals surface area contributed by atoms with Crippen molar-refractivity contribution in [3.05, 3.63) is 85.1 Å². The van der Waals surface area contributed by atoms with E-state index in [1.807, 2.05) is 0 Å². The Morgan fingerprint density at radius 1 is 0.653 bits per heavy atom. The smallest absolute Gasteiger partial charge is 0.472 e. The number of hydrogen-bond acceptors (Lipinski definition) is 8. The number of phosphoric ester groups is 1. The Kier molecular flexibility index (Phi) is 31.7. The lowest BCUT2D eigenvalue weighted by Crippen LogP contribution is -2.34. The average molecular weight is 708 g/mol. The second-order valence-electron chi connectivity index (χ2n) is 11.2. The van der Waals surface area contributed by atoms with Crippen LogP contribution in [0.1, 0.15) is 104 Å². The van der Waals surface area contributed by atoms with Crippen LogP contribution in [0.4, 0.5) is 0 Å². The fourth-order valence-electron chi connectivity index (χ4n) is 3.97. The zero-order valence-electron chi connectivity index (χ0n) is 29.7. The van der Waals surface area contributed by atoms with Gasteiger partial charge in [-0.15, -0.1) is 0 Å². The first-order chi connectivity index (χ1) is 23.7. The molecule has 0 spiro atoms. The number of nitrogens with two attached hydrogens (primary N) is 1. The molecule has 11 heteroatoms. The molecule has 3 atom stereocenters. The molecule has 0 aromatic heterocycles. The van der Waals surface area contributed by atoms with Gasteiger partial charge in [-0.3, -0.25) is 18.6 Å². The number of ether oxygens (including phenoxy) is 2. The first-order valence-corrected chi connectivity index (χ1v) is 19.1. The van der Waals surface area contributed by atoms with Gasteiger partial charge < -0.3 is 25.2 Å². The van der Waals surface area contributed by atoms with Gasteiger partial charge in [0.15, 0.2) is 0 Å². The summed E-state index contributed by atoms with van der Waals surface area (Å²) in [5, 5.41) is 8.85. The van der Waals surface area contributed by atoms with Gasteiger partial charge in [-0.2, -0.15) is 0 Å². The molecule has 0 aromatic carbocycles. The number of aliphatic carboxylic acids is 1. The molecule has 278 valence electrons. The van der Waals surface area contributed by atoms with Crippen molar-refractivity contribution >= 4 is 19.8 Å². The van der Waals surface area contributed by atoms with E-state index in [4.69, 9.17) is 24.8 Å². The van der Waals surface area contributed by atoms with Crippen LogP contribution in [0, 0.1) is 0 Å². The number of unbranched alkanes of at least 4 members (excludes halogenated alkanes) is 4. The molecule has 0 rings (SSSR count). The van der Waals surface area contributed by atoms with Gasteiger partial charge >= 0.3 is 19.8 Å². The van der Waals surface area contributed by atoms with Crippen LogP contribution in [0.25, 0.3) is 0 Å². The number of carboxylic acid groups (broad SMARTS) is 1. The standard InChI is InChI=1S/C38H62NO9P/c1-3-5-7-9-11-13-15-17-19-21-23-25-27-29-31-45-32-35(33-46-49(43,44)47-34-36(39)38(41)42)48-37(40)30-28-26-24-22-20-18-16-14-12-10-8-6-4-2/h5-8,11-14,17-20,23,25,35-36H,3-4,9-10,15-16,21-22,24,26-34,39H2,1-2H3,(H,41,42)(H,43,44)/b7-5-,8-6-,13-11-,14-12-,19-17-,20-18-,25-23-. The minimum Gasteiger partial charge on any atom is -0.480 e. The van der Waals surface area contributed by atoms with Crippen molar-refractivity contribution in [2.45, 2.75) is 116 Å². The van der Waals surface area contributed by atoms with Crippen molar-refractivity contribution in [3.63, 3.8) is 0 Å². The maximum absolute atomic E-state index is 12.5. The molecule has 0 fully saturated rings. The Morgan fingerprint density at radius 2 is 1.12 bits per heavy atom. The minimum atomic E-state index is -4.64. The van der Waals surface area contributed by atoms with E-state index in [0.29, 0.717) is 13.0 Å². The molecule has 0 saturated heterocycles. The van der Waals surface area contributed by atoms with Crippen molar-refractivity contribution in [2.75, 3.05) is 26.4 Å². The van der Waals surface area contributed by atoms with Gasteiger partial charge in [0.2, 0.25) is 0 Å². The number of esters is 1. The number of allylic oxidation sites excluding steroid dienone is 14. The predicted molar refractivity (Wildman–Crippen MR) is 198 cm³/mol. The summed E-state index contributed by atoms with van der Waals surface area (Å²) in [6, 6.07) is -1.49. The van der Waals surface area contributed by atoms with Gasteiger partial charge in [-0.1, -0.05) is 105 Å². The Balaban J connectivity index is 4.52. The van der Waals surface area contributed by atoms with Crippen LogP contribution in [0.2, 0.25) is 0 Å². The lowest BCUT2D eigenvalue weighted by atomic mass is 10.1. The normalized spacial score (nSPS) is 15.2. The second kappa shape index (κ2) is 33.6. The highest BCUT2D eigenvalue weighted by Gasteiger charge is 2.27. The van der Waals surface area contributed by atoms with E-state index >= 15 is 0 Å². The van der Waals surface area contributed by atoms with Crippen LogP contribution < -0.4 is 5.73 Å². The predicted octanol–water partition coefficient (Wildman–Crippen LogP) is 8.85. The monoisotopic (exact) mass is 707 g/mol. The maximum Gasteiger partial charge on any atom is 0.472 e. The number of carboxylic acids is 1. The summed E-state index contributed by atoms with van der Waals surface area (Å²) in [5.41, 5.74) is 5.32. The molecule has 0 bridgehead atoms. The number of hydrogen-bond donors (Lipinski definition) is 3. The first kappa shape index (κ1) is 46.1. The lowest BCUT2D eigenvalue weighted by Gasteiger charge is -2.20. The summed E-state index contributed by atoms with van der Waals surface area (Å²) in [4.78, 5) is 33.3. The molecule has 10 nitrogen and oxygen atoms in total. The molecule has 4 N–H and O–H groups in total. The SMILES string of the molecule is CC/C=C\C/C=C\C/C=C\C/C=C\CCCOCC(COP(=O)(O)OCC(N)C(=O)O)OC(=O)CCCCC/C=C\C/C=C\C/C=C\CC. The third kappa shape index (κ3) is 33.4. The van der Waals surface area contributed by atoms with E-state index in [9.17, 15) is 19.0 Å². The van der Waals surface area contributed by atoms with Crippen LogP contribution in [0.3, 0.4) is 0 Å². The summed E-state index contributed by atoms with van der Waals surface area (Å²) in [5.74, 6) is -1.85. The van der Waals surface area contributed by atoms with E-state index in [-0.39, 0.29) is 13.0 Å². The minimum absolute atomic E-state index is 0.0390. The van der Waals surface area contributed by atoms with Gasteiger partial charge in [0.05, 0.1) is 19.8 Å². The van der Waals surface area contributed by atoms with Crippen molar-refractivity contribution in [3.8, 4) is 0 Å². The average Bonchev–Trinajstić information content (AvgIpc) is 3.07. The molecule has 0 saturated carbocycles. The first-order valence-electron chi connectivity index (χ1n) is 17.6. The topological polar surface area (TPSA) is 155 Å². The molecule has 49 heavy (non-hydrogen) atoms. The maximum atomic E-state index is 12.5. The number of carbonyl (C=O) groups is 2. The van der Waals surface area contributed by atoms with Crippen LogP contribution in [0.15, 0.2) is 85.1 Å². The van der Waals surface area contributed by atoms with Gasteiger partial charge in [0, 0.05) is 13.0 Å². The Labute approximate surface area is 295 Å². The van der Waals surface area contributed by atoms with E-state index in [1.165, 1.54) is 0 Å². The van der Waals surface area contributed by atoms with E-state index in [0.717, 1.165) is 77.0 Å². The van der Waals surface area contributed by atoms with Gasteiger partial charge in [-0.05, 0) is 77.0 Å². The Hall–Kier alpha value is -2.85. The van der Waals surface area contributed by atoms with Crippen LogP contribution in [-0.2, 0) is 32.7 Å².